The minimum absolute atomic E-state index is 0.611. The first kappa shape index (κ1) is 12.4. The summed E-state index contributed by atoms with van der Waals surface area (Å²) in [5, 5.41) is 4.13. The molecule has 3 heteroatoms. The van der Waals surface area contributed by atoms with Gasteiger partial charge in [0.25, 0.3) is 0 Å². The second-order valence-corrected chi connectivity index (χ2v) is 4.63. The molecule has 3 aromatic rings. The van der Waals surface area contributed by atoms with Crippen LogP contribution < -0.4 is 0 Å². The van der Waals surface area contributed by atoms with Gasteiger partial charge < -0.3 is 0 Å². The fraction of sp³-hybridized carbons (Fsp3) is 0.0588. The third-order valence-electron chi connectivity index (χ3n) is 3.36. The van der Waals surface area contributed by atoms with Crippen LogP contribution in [0.5, 0.6) is 0 Å². The van der Waals surface area contributed by atoms with Crippen LogP contribution in [-0.2, 0) is 7.05 Å². The predicted molar refractivity (Wildman–Crippen MR) is 79.5 cm³/mol. The molecule has 0 aliphatic carbocycles. The van der Waals surface area contributed by atoms with Gasteiger partial charge in [0, 0.05) is 12.6 Å². The molecule has 98 valence electrons. The normalized spacial score (nSPS) is 10.4. The first-order chi connectivity index (χ1) is 9.79. The summed E-state index contributed by atoms with van der Waals surface area (Å²) in [6.07, 6.45) is 2.43. The van der Waals surface area contributed by atoms with Gasteiger partial charge in [-0.1, -0.05) is 54.6 Å². The van der Waals surface area contributed by atoms with E-state index in [0.29, 0.717) is 5.56 Å². The number of rotatable bonds is 3. The van der Waals surface area contributed by atoms with Crippen molar-refractivity contribution < 1.29 is 4.79 Å². The zero-order chi connectivity index (χ0) is 13.9. The topological polar surface area (TPSA) is 34.9 Å². The minimum Gasteiger partial charge on any atom is -0.298 e. The van der Waals surface area contributed by atoms with Crippen LogP contribution in [0.1, 0.15) is 10.4 Å². The molecule has 3 nitrogen and oxygen atoms in total. The Balaban J connectivity index is 2.02. The summed E-state index contributed by atoms with van der Waals surface area (Å²) in [7, 11) is 1.84. The molecular weight excluding hydrogens is 248 g/mol. The van der Waals surface area contributed by atoms with Crippen molar-refractivity contribution in [3.63, 3.8) is 0 Å². The van der Waals surface area contributed by atoms with Crippen LogP contribution in [0.25, 0.3) is 22.4 Å². The molecule has 1 aromatic heterocycles. The Morgan fingerprint density at radius 3 is 2.15 bits per heavy atom. The average Bonchev–Trinajstić information content (AvgIpc) is 2.89. The number of carbonyl (C=O) groups excluding carboxylic acids is 1. The van der Waals surface area contributed by atoms with Gasteiger partial charge in [-0.25, -0.2) is 0 Å². The maximum atomic E-state index is 11.0. The molecule has 0 amide bonds. The summed E-state index contributed by atoms with van der Waals surface area (Å²) in [5.74, 6) is 0. The lowest BCUT2D eigenvalue weighted by Gasteiger charge is -2.06. The van der Waals surface area contributed by atoms with Crippen LogP contribution in [0.2, 0.25) is 0 Å². The Morgan fingerprint density at radius 2 is 1.50 bits per heavy atom. The zero-order valence-electron chi connectivity index (χ0n) is 11.2. The van der Waals surface area contributed by atoms with Gasteiger partial charge in [0.05, 0.1) is 17.5 Å². The van der Waals surface area contributed by atoms with E-state index in [1.807, 2.05) is 37.4 Å². The largest absolute Gasteiger partial charge is 0.298 e. The third kappa shape index (κ3) is 2.14. The van der Waals surface area contributed by atoms with E-state index < -0.39 is 0 Å². The smallest absolute Gasteiger partial charge is 0.153 e. The number of nitrogens with zero attached hydrogens (tertiary/aromatic N) is 2. The molecule has 1 heterocycles. The lowest BCUT2D eigenvalue weighted by Crippen LogP contribution is -1.95. The van der Waals surface area contributed by atoms with Gasteiger partial charge in [0.15, 0.2) is 6.29 Å². The Labute approximate surface area is 117 Å². The number of aldehydes is 1. The first-order valence-corrected chi connectivity index (χ1v) is 6.42. The third-order valence-corrected chi connectivity index (χ3v) is 3.36. The Bertz CT molecular complexity index is 727. The first-order valence-electron chi connectivity index (χ1n) is 6.42. The lowest BCUT2D eigenvalue weighted by molar-refractivity contribution is 0.112. The zero-order valence-corrected chi connectivity index (χ0v) is 11.2. The number of benzene rings is 2. The highest BCUT2D eigenvalue weighted by Gasteiger charge is 2.10. The molecule has 0 saturated heterocycles. The van der Waals surface area contributed by atoms with Crippen LogP contribution in [0, 0.1) is 0 Å². The van der Waals surface area contributed by atoms with Gasteiger partial charge in [-0.2, -0.15) is 5.10 Å². The molecule has 0 aliphatic rings. The highest BCUT2D eigenvalue weighted by molar-refractivity contribution is 5.86. The standard InChI is InChI=1S/C17H14N2O/c1-19-17(16(12-20)11-18-19)15-9-7-14(8-10-15)13-5-3-2-4-6-13/h2-12H,1H3. The van der Waals surface area contributed by atoms with Crippen molar-refractivity contribution in [1.82, 2.24) is 9.78 Å². The average molecular weight is 262 g/mol. The number of aryl methyl sites for hydroxylation is 1. The summed E-state index contributed by atoms with van der Waals surface area (Å²) in [6.45, 7) is 0. The van der Waals surface area contributed by atoms with E-state index in [1.54, 1.807) is 10.9 Å². The molecule has 0 bridgehead atoms. The van der Waals surface area contributed by atoms with E-state index in [2.05, 4.69) is 29.4 Å². The van der Waals surface area contributed by atoms with Crippen molar-refractivity contribution in [3.8, 4) is 22.4 Å². The van der Waals surface area contributed by atoms with Gasteiger partial charge in [-0.15, -0.1) is 0 Å². The van der Waals surface area contributed by atoms with E-state index >= 15 is 0 Å². The maximum Gasteiger partial charge on any atom is 0.153 e. The molecule has 0 N–H and O–H groups in total. The molecule has 3 rings (SSSR count). The van der Waals surface area contributed by atoms with E-state index in [4.69, 9.17) is 0 Å². The SMILES string of the molecule is Cn1ncc(C=O)c1-c1ccc(-c2ccccc2)cc1. The number of carbonyl (C=O) groups is 1. The predicted octanol–water partition coefficient (Wildman–Crippen LogP) is 3.57. The van der Waals surface area contributed by atoms with Crippen molar-refractivity contribution in [2.45, 2.75) is 0 Å². The second kappa shape index (κ2) is 5.13. The van der Waals surface area contributed by atoms with Crippen molar-refractivity contribution in [2.75, 3.05) is 0 Å². The second-order valence-electron chi connectivity index (χ2n) is 4.63. The van der Waals surface area contributed by atoms with E-state index in [0.717, 1.165) is 23.1 Å². The molecule has 0 unspecified atom stereocenters. The Hall–Kier alpha value is -2.68. The lowest BCUT2D eigenvalue weighted by atomic mass is 10.0. The fourth-order valence-electron chi connectivity index (χ4n) is 2.35. The molecule has 0 spiro atoms. The molecule has 0 saturated carbocycles. The molecule has 2 aromatic carbocycles. The number of aromatic nitrogens is 2. The van der Waals surface area contributed by atoms with E-state index in [9.17, 15) is 4.79 Å². The van der Waals surface area contributed by atoms with Crippen LogP contribution in [-0.4, -0.2) is 16.1 Å². The monoisotopic (exact) mass is 262 g/mol. The van der Waals surface area contributed by atoms with Crippen LogP contribution in [0.4, 0.5) is 0 Å². The van der Waals surface area contributed by atoms with Crippen LogP contribution >= 0.6 is 0 Å². The van der Waals surface area contributed by atoms with Gasteiger partial charge in [-0.05, 0) is 11.1 Å². The van der Waals surface area contributed by atoms with Crippen molar-refractivity contribution in [2.24, 2.45) is 7.05 Å². The molecule has 0 radical (unpaired) electrons. The fourth-order valence-corrected chi connectivity index (χ4v) is 2.35. The number of hydrogen-bond donors (Lipinski definition) is 0. The van der Waals surface area contributed by atoms with E-state index in [-0.39, 0.29) is 0 Å². The van der Waals surface area contributed by atoms with Gasteiger partial charge >= 0.3 is 0 Å². The highest BCUT2D eigenvalue weighted by atomic mass is 16.1. The van der Waals surface area contributed by atoms with Crippen molar-refractivity contribution in [3.05, 3.63) is 66.4 Å². The summed E-state index contributed by atoms with van der Waals surface area (Å²) < 4.78 is 1.72. The molecule has 0 fully saturated rings. The Morgan fingerprint density at radius 1 is 0.900 bits per heavy atom. The van der Waals surface area contributed by atoms with Crippen molar-refractivity contribution >= 4 is 6.29 Å². The van der Waals surface area contributed by atoms with Gasteiger partial charge in [0.1, 0.15) is 0 Å². The molecule has 20 heavy (non-hydrogen) atoms. The molecule has 0 atom stereocenters. The van der Waals surface area contributed by atoms with Crippen molar-refractivity contribution in [1.29, 1.82) is 0 Å². The maximum absolute atomic E-state index is 11.0. The minimum atomic E-state index is 0.611. The highest BCUT2D eigenvalue weighted by Crippen LogP contribution is 2.26. The quantitative estimate of drug-likeness (QED) is 0.676. The van der Waals surface area contributed by atoms with Gasteiger partial charge in [-0.3, -0.25) is 9.48 Å². The number of hydrogen-bond acceptors (Lipinski definition) is 2. The molecule has 0 aliphatic heterocycles. The summed E-state index contributed by atoms with van der Waals surface area (Å²) in [6, 6.07) is 18.4. The van der Waals surface area contributed by atoms with Gasteiger partial charge in [0.2, 0.25) is 0 Å². The van der Waals surface area contributed by atoms with Crippen LogP contribution in [0.3, 0.4) is 0 Å². The van der Waals surface area contributed by atoms with E-state index in [1.165, 1.54) is 5.56 Å². The summed E-state index contributed by atoms with van der Waals surface area (Å²) >= 11 is 0. The Kier molecular flexibility index (Phi) is 3.17. The summed E-state index contributed by atoms with van der Waals surface area (Å²) in [5.41, 5.74) is 4.79. The summed E-state index contributed by atoms with van der Waals surface area (Å²) in [4.78, 5) is 11.0. The van der Waals surface area contributed by atoms with Crippen LogP contribution in [0.15, 0.2) is 60.8 Å². The molecular formula is C17H14N2O.